The maximum Gasteiger partial charge on any atom is 0.223 e. The lowest BCUT2D eigenvalue weighted by molar-refractivity contribution is 0.223. The Morgan fingerprint density at radius 2 is 1.78 bits per heavy atom. The van der Waals surface area contributed by atoms with E-state index in [2.05, 4.69) is 15.3 Å². The molecule has 0 bridgehead atoms. The van der Waals surface area contributed by atoms with Gasteiger partial charge in [-0.1, -0.05) is 30.3 Å². The van der Waals surface area contributed by atoms with Crippen LogP contribution in [0.3, 0.4) is 0 Å². The quantitative estimate of drug-likeness (QED) is 0.863. The van der Waals surface area contributed by atoms with Gasteiger partial charge >= 0.3 is 0 Å². The van der Waals surface area contributed by atoms with Crippen LogP contribution in [0.1, 0.15) is 18.1 Å². The Hall–Kier alpha value is -1.94. The fourth-order valence-electron chi connectivity index (χ4n) is 1.71. The average molecular weight is 243 g/mol. The summed E-state index contributed by atoms with van der Waals surface area (Å²) in [5, 5.41) is 12.8. The van der Waals surface area contributed by atoms with Crippen LogP contribution < -0.4 is 5.32 Å². The Bertz CT molecular complexity index is 498. The minimum absolute atomic E-state index is 0.0335. The molecule has 0 aliphatic rings. The first kappa shape index (κ1) is 12.5. The largest absolute Gasteiger partial charge is 0.394 e. The SMILES string of the molecule is Cc1cnc(NC(C)(CO)c2ccccc2)nc1. The topological polar surface area (TPSA) is 58.0 Å². The summed E-state index contributed by atoms with van der Waals surface area (Å²) in [6.45, 7) is 3.83. The highest BCUT2D eigenvalue weighted by molar-refractivity contribution is 5.36. The molecule has 1 aromatic carbocycles. The number of hydrogen-bond donors (Lipinski definition) is 2. The van der Waals surface area contributed by atoms with Crippen molar-refractivity contribution in [3.8, 4) is 0 Å². The van der Waals surface area contributed by atoms with Gasteiger partial charge in [-0.25, -0.2) is 9.97 Å². The van der Waals surface area contributed by atoms with Crippen LogP contribution in [0.25, 0.3) is 0 Å². The molecular formula is C14H17N3O. The molecule has 18 heavy (non-hydrogen) atoms. The van der Waals surface area contributed by atoms with Crippen LogP contribution >= 0.6 is 0 Å². The molecule has 0 saturated heterocycles. The van der Waals surface area contributed by atoms with E-state index in [9.17, 15) is 5.11 Å². The molecule has 1 heterocycles. The summed E-state index contributed by atoms with van der Waals surface area (Å²) in [5.41, 5.74) is 1.42. The molecular weight excluding hydrogens is 226 g/mol. The number of anilines is 1. The van der Waals surface area contributed by atoms with Crippen LogP contribution in [-0.2, 0) is 5.54 Å². The monoisotopic (exact) mass is 243 g/mol. The van der Waals surface area contributed by atoms with E-state index in [1.54, 1.807) is 12.4 Å². The van der Waals surface area contributed by atoms with Crippen LogP contribution in [0.2, 0.25) is 0 Å². The summed E-state index contributed by atoms with van der Waals surface area (Å²) in [6.07, 6.45) is 3.50. The number of nitrogens with zero attached hydrogens (tertiary/aromatic N) is 2. The first-order valence-electron chi connectivity index (χ1n) is 5.87. The fourth-order valence-corrected chi connectivity index (χ4v) is 1.71. The molecule has 0 aliphatic carbocycles. The second kappa shape index (κ2) is 5.14. The van der Waals surface area contributed by atoms with E-state index in [0.29, 0.717) is 5.95 Å². The molecule has 0 fully saturated rings. The van der Waals surface area contributed by atoms with Crippen LogP contribution in [0.4, 0.5) is 5.95 Å². The molecule has 0 saturated carbocycles. The van der Waals surface area contributed by atoms with Gasteiger partial charge in [0.15, 0.2) is 0 Å². The highest BCUT2D eigenvalue weighted by Gasteiger charge is 2.26. The third-order valence-corrected chi connectivity index (χ3v) is 2.90. The molecule has 0 spiro atoms. The van der Waals surface area contributed by atoms with E-state index in [4.69, 9.17) is 0 Å². The molecule has 2 rings (SSSR count). The summed E-state index contributed by atoms with van der Waals surface area (Å²) in [5.74, 6) is 0.515. The van der Waals surface area contributed by atoms with Gasteiger partial charge in [0.2, 0.25) is 5.95 Å². The Morgan fingerprint density at radius 1 is 1.17 bits per heavy atom. The first-order chi connectivity index (χ1) is 8.64. The molecule has 0 aliphatic heterocycles. The number of benzene rings is 1. The van der Waals surface area contributed by atoms with Gasteiger partial charge in [0.25, 0.3) is 0 Å². The second-order valence-electron chi connectivity index (χ2n) is 4.57. The summed E-state index contributed by atoms with van der Waals surface area (Å²) >= 11 is 0. The molecule has 0 amide bonds. The lowest BCUT2D eigenvalue weighted by Crippen LogP contribution is -2.36. The van der Waals surface area contributed by atoms with Crippen molar-refractivity contribution in [2.75, 3.05) is 11.9 Å². The van der Waals surface area contributed by atoms with Crippen molar-refractivity contribution < 1.29 is 5.11 Å². The maximum atomic E-state index is 9.64. The lowest BCUT2D eigenvalue weighted by Gasteiger charge is -2.29. The second-order valence-corrected chi connectivity index (χ2v) is 4.57. The summed E-state index contributed by atoms with van der Waals surface area (Å²) in [6, 6.07) is 9.78. The number of aliphatic hydroxyl groups excluding tert-OH is 1. The lowest BCUT2D eigenvalue weighted by atomic mass is 9.93. The van der Waals surface area contributed by atoms with Gasteiger partial charge in [-0.15, -0.1) is 0 Å². The molecule has 1 aromatic heterocycles. The van der Waals surface area contributed by atoms with Gasteiger partial charge in [0.1, 0.15) is 0 Å². The number of aliphatic hydroxyl groups is 1. The van der Waals surface area contributed by atoms with Crippen LogP contribution in [0.5, 0.6) is 0 Å². The van der Waals surface area contributed by atoms with Crippen molar-refractivity contribution in [1.29, 1.82) is 0 Å². The molecule has 0 radical (unpaired) electrons. The van der Waals surface area contributed by atoms with Gasteiger partial charge in [0, 0.05) is 12.4 Å². The standard InChI is InChI=1S/C14H17N3O/c1-11-8-15-13(16-9-11)17-14(2,10-18)12-6-4-3-5-7-12/h3-9,18H,10H2,1-2H3,(H,15,16,17). The maximum absolute atomic E-state index is 9.64. The fraction of sp³-hybridized carbons (Fsp3) is 0.286. The Kier molecular flexibility index (Phi) is 3.58. The molecule has 2 aromatic rings. The molecule has 4 nitrogen and oxygen atoms in total. The zero-order valence-electron chi connectivity index (χ0n) is 10.6. The van der Waals surface area contributed by atoms with Crippen molar-refractivity contribution in [1.82, 2.24) is 9.97 Å². The Balaban J connectivity index is 2.26. The molecule has 1 unspecified atom stereocenters. The van der Waals surface area contributed by atoms with Crippen molar-refractivity contribution >= 4 is 5.95 Å². The van der Waals surface area contributed by atoms with Crippen molar-refractivity contribution in [2.45, 2.75) is 19.4 Å². The van der Waals surface area contributed by atoms with Crippen molar-refractivity contribution in [2.24, 2.45) is 0 Å². The zero-order valence-corrected chi connectivity index (χ0v) is 10.6. The number of aryl methyl sites for hydroxylation is 1. The highest BCUT2D eigenvalue weighted by Crippen LogP contribution is 2.23. The third-order valence-electron chi connectivity index (χ3n) is 2.90. The first-order valence-corrected chi connectivity index (χ1v) is 5.87. The summed E-state index contributed by atoms with van der Waals surface area (Å²) in [7, 11) is 0. The zero-order chi connectivity index (χ0) is 13.0. The highest BCUT2D eigenvalue weighted by atomic mass is 16.3. The van der Waals surface area contributed by atoms with E-state index in [1.807, 2.05) is 44.2 Å². The Morgan fingerprint density at radius 3 is 2.33 bits per heavy atom. The number of hydrogen-bond acceptors (Lipinski definition) is 4. The number of aromatic nitrogens is 2. The average Bonchev–Trinajstić information content (AvgIpc) is 2.42. The number of nitrogens with one attached hydrogen (secondary N) is 1. The van der Waals surface area contributed by atoms with Gasteiger partial charge in [0.05, 0.1) is 12.1 Å². The normalized spacial score (nSPS) is 13.9. The van der Waals surface area contributed by atoms with E-state index < -0.39 is 5.54 Å². The predicted octanol–water partition coefficient (Wildman–Crippen LogP) is 2.10. The van der Waals surface area contributed by atoms with Crippen LogP contribution in [-0.4, -0.2) is 21.7 Å². The predicted molar refractivity (Wildman–Crippen MR) is 71.3 cm³/mol. The molecule has 1 atom stereocenters. The molecule has 4 heteroatoms. The van der Waals surface area contributed by atoms with E-state index in [-0.39, 0.29) is 6.61 Å². The van der Waals surface area contributed by atoms with Gasteiger partial charge in [-0.05, 0) is 25.0 Å². The third kappa shape index (κ3) is 2.65. The van der Waals surface area contributed by atoms with E-state index >= 15 is 0 Å². The minimum Gasteiger partial charge on any atom is -0.394 e. The van der Waals surface area contributed by atoms with E-state index in [0.717, 1.165) is 11.1 Å². The molecule has 94 valence electrons. The summed E-state index contributed by atoms with van der Waals surface area (Å²) < 4.78 is 0. The molecule has 2 N–H and O–H groups in total. The number of rotatable bonds is 4. The van der Waals surface area contributed by atoms with Gasteiger partial charge in [-0.3, -0.25) is 0 Å². The summed E-state index contributed by atoms with van der Waals surface area (Å²) in [4.78, 5) is 8.41. The van der Waals surface area contributed by atoms with Gasteiger partial charge in [-0.2, -0.15) is 0 Å². The van der Waals surface area contributed by atoms with E-state index in [1.165, 1.54) is 0 Å². The van der Waals surface area contributed by atoms with Gasteiger partial charge < -0.3 is 10.4 Å². The van der Waals surface area contributed by atoms with Crippen LogP contribution in [0, 0.1) is 6.92 Å². The smallest absolute Gasteiger partial charge is 0.223 e. The van der Waals surface area contributed by atoms with Crippen LogP contribution in [0.15, 0.2) is 42.7 Å². The Labute approximate surface area is 107 Å². The minimum atomic E-state index is -0.587. The van der Waals surface area contributed by atoms with Crippen molar-refractivity contribution in [3.63, 3.8) is 0 Å². The van der Waals surface area contributed by atoms with Crippen molar-refractivity contribution in [3.05, 3.63) is 53.9 Å².